The molecule has 0 radical (unpaired) electrons. The van der Waals surface area contributed by atoms with E-state index in [0.717, 1.165) is 36.4 Å². The Morgan fingerprint density at radius 1 is 1.33 bits per heavy atom. The van der Waals surface area contributed by atoms with Crippen molar-refractivity contribution >= 4 is 16.9 Å². The SMILES string of the molecule is O=C(NCCC1=CCCCC1)c1ccc2c(c1)nc1n2CCOC1. The maximum absolute atomic E-state index is 12.4. The Hall–Kier alpha value is -2.14. The zero-order chi connectivity index (χ0) is 16.4. The molecule has 24 heavy (non-hydrogen) atoms. The minimum absolute atomic E-state index is 0.0180. The summed E-state index contributed by atoms with van der Waals surface area (Å²) in [5, 5.41) is 3.03. The zero-order valence-corrected chi connectivity index (χ0v) is 13.9. The minimum atomic E-state index is -0.0180. The predicted molar refractivity (Wildman–Crippen MR) is 92.9 cm³/mol. The van der Waals surface area contributed by atoms with E-state index in [4.69, 9.17) is 4.74 Å². The molecular weight excluding hydrogens is 302 g/mol. The van der Waals surface area contributed by atoms with Gasteiger partial charge in [0.05, 0.1) is 17.6 Å². The third kappa shape index (κ3) is 3.08. The number of hydrogen-bond acceptors (Lipinski definition) is 3. The number of nitrogens with one attached hydrogen (secondary N) is 1. The lowest BCUT2D eigenvalue weighted by Crippen LogP contribution is -2.24. The quantitative estimate of drug-likeness (QED) is 0.878. The van der Waals surface area contributed by atoms with Crippen molar-refractivity contribution in [1.29, 1.82) is 0 Å². The molecule has 1 N–H and O–H groups in total. The summed E-state index contributed by atoms with van der Waals surface area (Å²) in [7, 11) is 0. The van der Waals surface area contributed by atoms with Crippen molar-refractivity contribution in [2.45, 2.75) is 45.3 Å². The first-order chi connectivity index (χ1) is 11.8. The molecule has 5 heteroatoms. The van der Waals surface area contributed by atoms with Crippen LogP contribution in [0.15, 0.2) is 29.8 Å². The van der Waals surface area contributed by atoms with Crippen molar-refractivity contribution < 1.29 is 9.53 Å². The Bertz CT molecular complexity index is 791. The Balaban J connectivity index is 1.43. The molecule has 2 aromatic rings. The van der Waals surface area contributed by atoms with E-state index in [-0.39, 0.29) is 5.91 Å². The van der Waals surface area contributed by atoms with Crippen LogP contribution in [0.1, 0.15) is 48.3 Å². The number of amides is 1. The fourth-order valence-electron chi connectivity index (χ4n) is 3.57. The number of allylic oxidation sites excluding steroid dienone is 1. The van der Waals surface area contributed by atoms with Crippen LogP contribution in [-0.2, 0) is 17.9 Å². The molecule has 0 spiro atoms. The number of hydrogen-bond donors (Lipinski definition) is 1. The van der Waals surface area contributed by atoms with Gasteiger partial charge in [0.2, 0.25) is 0 Å². The van der Waals surface area contributed by atoms with Crippen LogP contribution in [0.4, 0.5) is 0 Å². The number of aromatic nitrogens is 2. The lowest BCUT2D eigenvalue weighted by molar-refractivity contribution is 0.0830. The first-order valence-corrected chi connectivity index (χ1v) is 8.84. The monoisotopic (exact) mass is 325 g/mol. The van der Waals surface area contributed by atoms with Crippen molar-refractivity contribution in [3.63, 3.8) is 0 Å². The molecule has 2 aliphatic rings. The second-order valence-electron chi connectivity index (χ2n) is 6.55. The number of fused-ring (bicyclic) bond motifs is 3. The van der Waals surface area contributed by atoms with Crippen LogP contribution in [0.3, 0.4) is 0 Å². The van der Waals surface area contributed by atoms with Gasteiger partial charge in [-0.25, -0.2) is 4.98 Å². The number of nitrogens with zero attached hydrogens (tertiary/aromatic N) is 2. The molecule has 1 amide bonds. The molecule has 1 aliphatic heterocycles. The van der Waals surface area contributed by atoms with Crippen LogP contribution >= 0.6 is 0 Å². The highest BCUT2D eigenvalue weighted by Crippen LogP contribution is 2.21. The van der Waals surface area contributed by atoms with Gasteiger partial charge >= 0.3 is 0 Å². The molecule has 1 aromatic carbocycles. The molecule has 2 heterocycles. The standard InChI is InChI=1S/C19H23N3O2/c23-19(20-9-8-14-4-2-1-3-5-14)15-6-7-17-16(12-15)21-18-13-24-11-10-22(17)18/h4,6-7,12H,1-3,5,8-11,13H2,(H,20,23). The van der Waals surface area contributed by atoms with Gasteiger partial charge in [-0.05, 0) is 50.3 Å². The lowest BCUT2D eigenvalue weighted by atomic mass is 9.97. The third-order valence-corrected chi connectivity index (χ3v) is 4.90. The van der Waals surface area contributed by atoms with Crippen LogP contribution in [0.5, 0.6) is 0 Å². The minimum Gasteiger partial charge on any atom is -0.372 e. The number of ether oxygens (including phenoxy) is 1. The first kappa shape index (κ1) is 15.4. The first-order valence-electron chi connectivity index (χ1n) is 8.84. The van der Waals surface area contributed by atoms with Crippen LogP contribution < -0.4 is 5.32 Å². The molecule has 0 bridgehead atoms. The molecular formula is C19H23N3O2. The van der Waals surface area contributed by atoms with Gasteiger partial charge in [0.15, 0.2) is 0 Å². The summed E-state index contributed by atoms with van der Waals surface area (Å²) in [4.78, 5) is 17.0. The molecule has 0 saturated carbocycles. The Kier molecular flexibility index (Phi) is 4.34. The Morgan fingerprint density at radius 3 is 3.17 bits per heavy atom. The second-order valence-corrected chi connectivity index (χ2v) is 6.55. The zero-order valence-electron chi connectivity index (χ0n) is 13.9. The summed E-state index contributed by atoms with van der Waals surface area (Å²) in [6, 6.07) is 5.77. The summed E-state index contributed by atoms with van der Waals surface area (Å²) >= 11 is 0. The maximum atomic E-state index is 12.4. The number of carbonyl (C=O) groups is 1. The summed E-state index contributed by atoms with van der Waals surface area (Å²) in [6.45, 7) is 2.80. The molecule has 1 aromatic heterocycles. The normalized spacial score (nSPS) is 17.4. The Labute approximate surface area is 141 Å². The second kappa shape index (κ2) is 6.77. The number of rotatable bonds is 4. The van der Waals surface area contributed by atoms with E-state index in [2.05, 4.69) is 20.9 Å². The molecule has 1 aliphatic carbocycles. The summed E-state index contributed by atoms with van der Waals surface area (Å²) in [5.41, 5.74) is 4.12. The maximum Gasteiger partial charge on any atom is 0.251 e. The molecule has 4 rings (SSSR count). The predicted octanol–water partition coefficient (Wildman–Crippen LogP) is 3.19. The van der Waals surface area contributed by atoms with E-state index in [0.29, 0.717) is 18.7 Å². The largest absolute Gasteiger partial charge is 0.372 e. The van der Waals surface area contributed by atoms with Gasteiger partial charge in [-0.15, -0.1) is 0 Å². The van der Waals surface area contributed by atoms with Crippen molar-refractivity contribution in [2.24, 2.45) is 0 Å². The van der Waals surface area contributed by atoms with Crippen LogP contribution in [0, 0.1) is 0 Å². The van der Waals surface area contributed by atoms with Gasteiger partial charge in [0, 0.05) is 18.7 Å². The van der Waals surface area contributed by atoms with Gasteiger partial charge < -0.3 is 14.6 Å². The van der Waals surface area contributed by atoms with Crippen molar-refractivity contribution in [2.75, 3.05) is 13.2 Å². The van der Waals surface area contributed by atoms with Gasteiger partial charge in [-0.2, -0.15) is 0 Å². The highest BCUT2D eigenvalue weighted by molar-refractivity contribution is 5.97. The lowest BCUT2D eigenvalue weighted by Gasteiger charge is -2.14. The highest BCUT2D eigenvalue weighted by atomic mass is 16.5. The van der Waals surface area contributed by atoms with E-state index in [9.17, 15) is 4.79 Å². The molecule has 0 unspecified atom stereocenters. The molecule has 0 saturated heterocycles. The summed E-state index contributed by atoms with van der Waals surface area (Å²) < 4.78 is 7.62. The van der Waals surface area contributed by atoms with Crippen LogP contribution in [0.25, 0.3) is 11.0 Å². The van der Waals surface area contributed by atoms with E-state index >= 15 is 0 Å². The fraction of sp³-hybridized carbons (Fsp3) is 0.474. The van der Waals surface area contributed by atoms with Gasteiger partial charge in [0.25, 0.3) is 5.91 Å². The molecule has 5 nitrogen and oxygen atoms in total. The topological polar surface area (TPSA) is 56.2 Å². The van der Waals surface area contributed by atoms with E-state index in [1.54, 1.807) is 0 Å². The van der Waals surface area contributed by atoms with Crippen molar-refractivity contribution in [1.82, 2.24) is 14.9 Å². The van der Waals surface area contributed by atoms with E-state index < -0.39 is 0 Å². The summed E-state index contributed by atoms with van der Waals surface area (Å²) in [5.74, 6) is 0.925. The summed E-state index contributed by atoms with van der Waals surface area (Å²) in [6.07, 6.45) is 8.25. The van der Waals surface area contributed by atoms with Gasteiger partial charge in [-0.3, -0.25) is 4.79 Å². The number of imidazole rings is 1. The third-order valence-electron chi connectivity index (χ3n) is 4.90. The molecule has 0 atom stereocenters. The average molecular weight is 325 g/mol. The van der Waals surface area contributed by atoms with Gasteiger partial charge in [-0.1, -0.05) is 11.6 Å². The van der Waals surface area contributed by atoms with Crippen LogP contribution in [0.2, 0.25) is 0 Å². The average Bonchev–Trinajstić information content (AvgIpc) is 3.00. The molecule has 126 valence electrons. The smallest absolute Gasteiger partial charge is 0.251 e. The Morgan fingerprint density at radius 2 is 2.29 bits per heavy atom. The van der Waals surface area contributed by atoms with Crippen molar-refractivity contribution in [3.8, 4) is 0 Å². The highest BCUT2D eigenvalue weighted by Gasteiger charge is 2.16. The van der Waals surface area contributed by atoms with Gasteiger partial charge in [0.1, 0.15) is 12.4 Å². The number of benzene rings is 1. The van der Waals surface area contributed by atoms with Crippen molar-refractivity contribution in [3.05, 3.63) is 41.2 Å². The fourth-order valence-corrected chi connectivity index (χ4v) is 3.57. The number of carbonyl (C=O) groups excluding carboxylic acids is 1. The molecule has 0 fully saturated rings. The van der Waals surface area contributed by atoms with E-state index in [1.165, 1.54) is 31.3 Å². The van der Waals surface area contributed by atoms with E-state index in [1.807, 2.05) is 18.2 Å². The van der Waals surface area contributed by atoms with Crippen LogP contribution in [-0.4, -0.2) is 28.6 Å².